The Kier molecular flexibility index (Phi) is 5.04. The normalized spacial score (nSPS) is 16.0. The van der Waals surface area contributed by atoms with E-state index in [1.165, 1.54) is 4.90 Å². The van der Waals surface area contributed by atoms with Crippen LogP contribution in [0.5, 0.6) is 0 Å². The molecule has 0 radical (unpaired) electrons. The third-order valence-electron chi connectivity index (χ3n) is 4.90. The van der Waals surface area contributed by atoms with Crippen molar-refractivity contribution in [2.24, 2.45) is 0 Å². The van der Waals surface area contributed by atoms with Crippen LogP contribution in [0, 0.1) is 0 Å². The lowest BCUT2D eigenvalue weighted by Crippen LogP contribution is -2.56. The summed E-state index contributed by atoms with van der Waals surface area (Å²) in [6.07, 6.45) is 0.00971. The maximum Gasteiger partial charge on any atom is 0.407 e. The number of hydrogen-bond acceptors (Lipinski definition) is 3. The Hall–Kier alpha value is -2.40. The largest absolute Gasteiger partial charge is 0.465 e. The van der Waals surface area contributed by atoms with Gasteiger partial charge in [0.1, 0.15) is 0 Å². The Bertz CT molecular complexity index is 723. The van der Waals surface area contributed by atoms with E-state index in [1.807, 2.05) is 24.3 Å². The van der Waals surface area contributed by atoms with Crippen molar-refractivity contribution in [2.75, 3.05) is 26.2 Å². The lowest BCUT2D eigenvalue weighted by atomic mass is 9.94. The molecule has 5 nitrogen and oxygen atoms in total. The minimum absolute atomic E-state index is 0.0626. The molecule has 1 aromatic carbocycles. The van der Waals surface area contributed by atoms with Crippen LogP contribution in [0.4, 0.5) is 4.79 Å². The fourth-order valence-electron chi connectivity index (χ4n) is 3.41. The van der Waals surface area contributed by atoms with Crippen molar-refractivity contribution in [1.82, 2.24) is 14.8 Å². The van der Waals surface area contributed by atoms with Crippen molar-refractivity contribution < 1.29 is 9.90 Å². The zero-order valence-corrected chi connectivity index (χ0v) is 14.9. The Balaban J connectivity index is 1.70. The first-order valence-electron chi connectivity index (χ1n) is 8.70. The van der Waals surface area contributed by atoms with E-state index < -0.39 is 6.09 Å². The van der Waals surface area contributed by atoms with Crippen LogP contribution in [0.3, 0.4) is 0 Å². The Labute approximate surface area is 148 Å². The number of pyridine rings is 1. The van der Waals surface area contributed by atoms with Gasteiger partial charge in [0.05, 0.1) is 5.69 Å². The van der Waals surface area contributed by atoms with E-state index in [9.17, 15) is 4.79 Å². The molecule has 5 heteroatoms. The van der Waals surface area contributed by atoms with Crippen LogP contribution in [0.15, 0.2) is 48.5 Å². The van der Waals surface area contributed by atoms with Gasteiger partial charge in [-0.1, -0.05) is 36.4 Å². The third-order valence-corrected chi connectivity index (χ3v) is 4.90. The second-order valence-corrected chi connectivity index (χ2v) is 7.13. The highest BCUT2D eigenvalue weighted by Gasteiger charge is 2.31. The summed E-state index contributed by atoms with van der Waals surface area (Å²) in [6, 6.07) is 16.4. The molecular weight excluding hydrogens is 314 g/mol. The van der Waals surface area contributed by atoms with Crippen LogP contribution in [-0.4, -0.2) is 57.7 Å². The summed E-state index contributed by atoms with van der Waals surface area (Å²) in [6.45, 7) is 7.07. The molecule has 1 saturated heterocycles. The standard InChI is InChI=1S/C20H25N3O2/c1-20(2,23-13-11-22(12-14-23)19(24)25)15-17-9-6-10-18(21-17)16-7-4-3-5-8-16/h3-10H,11-15H2,1-2H3,(H,24,25). The highest BCUT2D eigenvalue weighted by atomic mass is 16.4. The molecule has 1 fully saturated rings. The molecule has 132 valence electrons. The van der Waals surface area contributed by atoms with Crippen molar-refractivity contribution in [3.05, 3.63) is 54.2 Å². The minimum Gasteiger partial charge on any atom is -0.465 e. The number of nitrogens with zero attached hydrogens (tertiary/aromatic N) is 3. The smallest absolute Gasteiger partial charge is 0.407 e. The van der Waals surface area contributed by atoms with Crippen LogP contribution >= 0.6 is 0 Å². The van der Waals surface area contributed by atoms with Gasteiger partial charge in [0.15, 0.2) is 0 Å². The maximum atomic E-state index is 11.1. The van der Waals surface area contributed by atoms with E-state index in [-0.39, 0.29) is 5.54 Å². The number of amides is 1. The molecule has 1 aliphatic rings. The van der Waals surface area contributed by atoms with Crippen LogP contribution < -0.4 is 0 Å². The van der Waals surface area contributed by atoms with E-state index in [1.54, 1.807) is 0 Å². The first-order valence-corrected chi connectivity index (χ1v) is 8.70. The number of hydrogen-bond donors (Lipinski definition) is 1. The van der Waals surface area contributed by atoms with Crippen molar-refractivity contribution in [3.8, 4) is 11.3 Å². The average molecular weight is 339 g/mol. The van der Waals surface area contributed by atoms with Gasteiger partial charge in [-0.25, -0.2) is 4.79 Å². The summed E-state index contributed by atoms with van der Waals surface area (Å²) in [7, 11) is 0. The summed E-state index contributed by atoms with van der Waals surface area (Å²) in [5.74, 6) is 0. The molecule has 0 unspecified atom stereocenters. The topological polar surface area (TPSA) is 56.7 Å². The van der Waals surface area contributed by atoms with Crippen LogP contribution in [0.2, 0.25) is 0 Å². The Morgan fingerprint density at radius 1 is 1.04 bits per heavy atom. The summed E-state index contributed by atoms with van der Waals surface area (Å²) < 4.78 is 0. The number of aromatic nitrogens is 1. The van der Waals surface area contributed by atoms with Gasteiger partial charge in [0.25, 0.3) is 0 Å². The average Bonchev–Trinajstić information content (AvgIpc) is 2.62. The molecule has 0 saturated carbocycles. The van der Waals surface area contributed by atoms with E-state index >= 15 is 0 Å². The van der Waals surface area contributed by atoms with Crippen LogP contribution in [0.1, 0.15) is 19.5 Å². The number of carboxylic acid groups (broad SMARTS) is 1. The predicted octanol–water partition coefficient (Wildman–Crippen LogP) is 3.37. The van der Waals surface area contributed by atoms with E-state index in [0.717, 1.165) is 36.5 Å². The first kappa shape index (κ1) is 17.4. The molecule has 2 aromatic rings. The van der Waals surface area contributed by atoms with Crippen molar-refractivity contribution in [1.29, 1.82) is 0 Å². The maximum absolute atomic E-state index is 11.1. The molecule has 3 rings (SSSR count). The summed E-state index contributed by atoms with van der Waals surface area (Å²) >= 11 is 0. The molecule has 1 N–H and O–H groups in total. The third kappa shape index (κ3) is 4.17. The zero-order valence-electron chi connectivity index (χ0n) is 14.9. The quantitative estimate of drug-likeness (QED) is 0.928. The number of rotatable bonds is 4. The SMILES string of the molecule is CC(C)(Cc1cccc(-c2ccccc2)n1)N1CCN(C(=O)O)CC1. The van der Waals surface area contributed by atoms with E-state index in [4.69, 9.17) is 10.1 Å². The fraction of sp³-hybridized carbons (Fsp3) is 0.400. The zero-order chi connectivity index (χ0) is 17.9. The Morgan fingerprint density at radius 2 is 1.72 bits per heavy atom. The van der Waals surface area contributed by atoms with Gasteiger partial charge in [0.2, 0.25) is 0 Å². The highest BCUT2D eigenvalue weighted by molar-refractivity contribution is 5.65. The molecule has 1 aliphatic heterocycles. The summed E-state index contributed by atoms with van der Waals surface area (Å²) in [5.41, 5.74) is 3.11. The number of carbonyl (C=O) groups is 1. The van der Waals surface area contributed by atoms with Crippen LogP contribution in [-0.2, 0) is 6.42 Å². The second-order valence-electron chi connectivity index (χ2n) is 7.13. The van der Waals surface area contributed by atoms with Gasteiger partial charge in [-0.3, -0.25) is 9.88 Å². The fourth-order valence-corrected chi connectivity index (χ4v) is 3.41. The van der Waals surface area contributed by atoms with Crippen molar-refractivity contribution >= 4 is 6.09 Å². The van der Waals surface area contributed by atoms with Crippen molar-refractivity contribution in [3.63, 3.8) is 0 Å². The Morgan fingerprint density at radius 3 is 2.36 bits per heavy atom. The molecule has 1 amide bonds. The van der Waals surface area contributed by atoms with Crippen LogP contribution in [0.25, 0.3) is 11.3 Å². The molecular formula is C20H25N3O2. The van der Waals surface area contributed by atoms with Gasteiger partial charge < -0.3 is 10.0 Å². The highest BCUT2D eigenvalue weighted by Crippen LogP contribution is 2.23. The van der Waals surface area contributed by atoms with Gasteiger partial charge in [-0.15, -0.1) is 0 Å². The van der Waals surface area contributed by atoms with Gasteiger partial charge in [-0.05, 0) is 26.0 Å². The van der Waals surface area contributed by atoms with Gasteiger partial charge in [-0.2, -0.15) is 0 Å². The lowest BCUT2D eigenvalue weighted by molar-refractivity contribution is 0.0510. The minimum atomic E-state index is -0.824. The first-order chi connectivity index (χ1) is 12.0. The van der Waals surface area contributed by atoms with E-state index in [0.29, 0.717) is 13.1 Å². The second kappa shape index (κ2) is 7.23. The number of benzene rings is 1. The monoisotopic (exact) mass is 339 g/mol. The lowest BCUT2D eigenvalue weighted by Gasteiger charge is -2.43. The molecule has 2 heterocycles. The molecule has 0 atom stereocenters. The van der Waals surface area contributed by atoms with Gasteiger partial charge >= 0.3 is 6.09 Å². The molecule has 0 spiro atoms. The number of piperazine rings is 1. The van der Waals surface area contributed by atoms with E-state index in [2.05, 4.69) is 43.0 Å². The summed E-state index contributed by atoms with van der Waals surface area (Å²) in [4.78, 5) is 19.8. The molecule has 0 bridgehead atoms. The van der Waals surface area contributed by atoms with Gasteiger partial charge in [0, 0.05) is 49.4 Å². The molecule has 0 aliphatic carbocycles. The van der Waals surface area contributed by atoms with Crippen molar-refractivity contribution in [2.45, 2.75) is 25.8 Å². The predicted molar refractivity (Wildman–Crippen MR) is 98.6 cm³/mol. The molecule has 25 heavy (non-hydrogen) atoms. The molecule has 1 aromatic heterocycles. The summed E-state index contributed by atoms with van der Waals surface area (Å²) in [5, 5.41) is 9.10.